The summed E-state index contributed by atoms with van der Waals surface area (Å²) in [6, 6.07) is 20.8. The Hall–Kier alpha value is -4.26. The summed E-state index contributed by atoms with van der Waals surface area (Å²) in [5.74, 6) is -0.116. The summed E-state index contributed by atoms with van der Waals surface area (Å²) in [5, 5.41) is 11.5. The summed E-state index contributed by atoms with van der Waals surface area (Å²) in [5.41, 5.74) is 2.65. The number of hydrogen-bond donors (Lipinski definition) is 1. The Morgan fingerprint density at radius 1 is 0.947 bits per heavy atom. The Labute approximate surface area is 223 Å². The molecule has 1 heterocycles. The van der Waals surface area contributed by atoms with Gasteiger partial charge in [-0.2, -0.15) is 0 Å². The van der Waals surface area contributed by atoms with E-state index in [1.165, 1.54) is 4.90 Å². The summed E-state index contributed by atoms with van der Waals surface area (Å²) in [4.78, 5) is 30.3. The number of amides is 1. The van der Waals surface area contributed by atoms with Crippen molar-refractivity contribution in [2.75, 3.05) is 37.1 Å². The lowest BCUT2D eigenvalue weighted by Crippen LogP contribution is -2.29. The molecule has 3 aromatic carbocycles. The Morgan fingerprint density at radius 3 is 2.24 bits per heavy atom. The lowest BCUT2D eigenvalue weighted by molar-refractivity contribution is -0.132. The third-order valence-corrected chi connectivity index (χ3v) is 6.29. The average molecular weight is 515 g/mol. The summed E-state index contributed by atoms with van der Waals surface area (Å²) in [7, 11) is 3.88. The maximum atomic E-state index is 13.5. The standard InChI is InChI=1S/C31H34N2O5/c1-6-37-25-16-14-24(15-17-25)33-28(21-10-12-23(13-11-21)32(4)5)27(30(35)31(33)36)29(34)22-8-7-9-26(18-22)38-19-20(2)3/h7-18,20,28,34H,6,19H2,1-5H3/b29-27-. The van der Waals surface area contributed by atoms with Gasteiger partial charge in [0.15, 0.2) is 0 Å². The van der Waals surface area contributed by atoms with E-state index in [4.69, 9.17) is 9.47 Å². The number of hydrogen-bond acceptors (Lipinski definition) is 6. The van der Waals surface area contributed by atoms with Gasteiger partial charge in [-0.3, -0.25) is 14.5 Å². The Bertz CT molecular complexity index is 1330. The van der Waals surface area contributed by atoms with Gasteiger partial charge >= 0.3 is 0 Å². The van der Waals surface area contributed by atoms with Crippen molar-refractivity contribution in [2.45, 2.75) is 26.8 Å². The number of aliphatic hydroxyl groups is 1. The molecule has 1 atom stereocenters. The van der Waals surface area contributed by atoms with E-state index in [-0.39, 0.29) is 11.3 Å². The van der Waals surface area contributed by atoms with Gasteiger partial charge < -0.3 is 19.5 Å². The van der Waals surface area contributed by atoms with Crippen molar-refractivity contribution < 1.29 is 24.2 Å². The SMILES string of the molecule is CCOc1ccc(N2C(=O)C(=O)/C(=C(\O)c3cccc(OCC(C)C)c3)C2c2ccc(N(C)C)cc2)cc1. The van der Waals surface area contributed by atoms with Crippen molar-refractivity contribution in [3.05, 3.63) is 89.5 Å². The summed E-state index contributed by atoms with van der Waals surface area (Å²) in [6.07, 6.45) is 0. The zero-order valence-electron chi connectivity index (χ0n) is 22.5. The molecule has 0 bridgehead atoms. The van der Waals surface area contributed by atoms with Gasteiger partial charge in [0, 0.05) is 31.0 Å². The first kappa shape index (κ1) is 26.8. The largest absolute Gasteiger partial charge is 0.507 e. The molecular formula is C31H34N2O5. The summed E-state index contributed by atoms with van der Waals surface area (Å²) in [6.45, 7) is 7.03. The zero-order valence-corrected chi connectivity index (χ0v) is 22.5. The molecule has 4 rings (SSSR count). The van der Waals surface area contributed by atoms with E-state index in [9.17, 15) is 14.7 Å². The molecule has 1 unspecified atom stereocenters. The first-order valence-corrected chi connectivity index (χ1v) is 12.8. The number of ketones is 1. The molecule has 1 saturated heterocycles. The van der Waals surface area contributed by atoms with Crippen LogP contribution in [0.15, 0.2) is 78.4 Å². The minimum atomic E-state index is -0.815. The first-order valence-electron chi connectivity index (χ1n) is 12.8. The van der Waals surface area contributed by atoms with Crippen LogP contribution in [0.4, 0.5) is 11.4 Å². The summed E-state index contributed by atoms with van der Waals surface area (Å²) < 4.78 is 11.4. The second-order valence-corrected chi connectivity index (χ2v) is 9.81. The van der Waals surface area contributed by atoms with Gasteiger partial charge in [0.25, 0.3) is 11.7 Å². The highest BCUT2D eigenvalue weighted by Gasteiger charge is 2.47. The van der Waals surface area contributed by atoms with E-state index in [0.717, 1.165) is 5.69 Å². The molecule has 0 aromatic heterocycles. The second kappa shape index (κ2) is 11.4. The third-order valence-electron chi connectivity index (χ3n) is 6.29. The van der Waals surface area contributed by atoms with Crippen LogP contribution in [-0.4, -0.2) is 44.1 Å². The molecule has 7 heteroatoms. The van der Waals surface area contributed by atoms with E-state index >= 15 is 0 Å². The predicted octanol–water partition coefficient (Wildman–Crippen LogP) is 5.81. The van der Waals surface area contributed by atoms with Crippen LogP contribution in [0.25, 0.3) is 5.76 Å². The molecule has 38 heavy (non-hydrogen) atoms. The molecule has 0 saturated carbocycles. The molecule has 1 aliphatic heterocycles. The number of carbonyl (C=O) groups is 2. The van der Waals surface area contributed by atoms with Crippen LogP contribution in [0.5, 0.6) is 11.5 Å². The number of benzene rings is 3. The van der Waals surface area contributed by atoms with Crippen LogP contribution >= 0.6 is 0 Å². The monoisotopic (exact) mass is 514 g/mol. The van der Waals surface area contributed by atoms with Gasteiger partial charge in [-0.05, 0) is 66.9 Å². The van der Waals surface area contributed by atoms with Crippen LogP contribution in [0.3, 0.4) is 0 Å². The van der Waals surface area contributed by atoms with Crippen molar-refractivity contribution in [1.82, 2.24) is 0 Å². The molecule has 198 valence electrons. The summed E-state index contributed by atoms with van der Waals surface area (Å²) >= 11 is 0. The van der Waals surface area contributed by atoms with E-state index < -0.39 is 17.7 Å². The van der Waals surface area contributed by atoms with Gasteiger partial charge in [0.1, 0.15) is 17.3 Å². The Kier molecular flexibility index (Phi) is 8.05. The van der Waals surface area contributed by atoms with Gasteiger partial charge in [-0.15, -0.1) is 0 Å². The molecule has 1 amide bonds. The van der Waals surface area contributed by atoms with Crippen molar-refractivity contribution in [1.29, 1.82) is 0 Å². The molecule has 7 nitrogen and oxygen atoms in total. The van der Waals surface area contributed by atoms with Crippen LogP contribution in [0, 0.1) is 5.92 Å². The number of anilines is 2. The molecule has 0 radical (unpaired) electrons. The lowest BCUT2D eigenvalue weighted by atomic mass is 9.94. The number of ether oxygens (including phenoxy) is 2. The average Bonchev–Trinajstić information content (AvgIpc) is 3.18. The normalized spacial score (nSPS) is 16.7. The van der Waals surface area contributed by atoms with Crippen LogP contribution in [-0.2, 0) is 9.59 Å². The van der Waals surface area contributed by atoms with Crippen LogP contribution < -0.4 is 19.3 Å². The van der Waals surface area contributed by atoms with E-state index in [1.807, 2.05) is 64.0 Å². The molecule has 1 N–H and O–H groups in total. The second-order valence-electron chi connectivity index (χ2n) is 9.81. The van der Waals surface area contributed by atoms with E-state index in [0.29, 0.717) is 47.4 Å². The van der Waals surface area contributed by atoms with Crippen molar-refractivity contribution >= 4 is 28.8 Å². The fourth-order valence-corrected chi connectivity index (χ4v) is 4.39. The topological polar surface area (TPSA) is 79.3 Å². The van der Waals surface area contributed by atoms with E-state index in [1.54, 1.807) is 48.5 Å². The highest BCUT2D eigenvalue weighted by molar-refractivity contribution is 6.51. The van der Waals surface area contributed by atoms with Gasteiger partial charge in [0.2, 0.25) is 0 Å². The number of aliphatic hydroxyl groups excluding tert-OH is 1. The minimum Gasteiger partial charge on any atom is -0.507 e. The highest BCUT2D eigenvalue weighted by Crippen LogP contribution is 2.43. The maximum Gasteiger partial charge on any atom is 0.300 e. The maximum absolute atomic E-state index is 13.5. The number of Topliss-reactive ketones (excluding diaryl/α,β-unsaturated/α-hetero) is 1. The van der Waals surface area contributed by atoms with Gasteiger partial charge in [-0.25, -0.2) is 0 Å². The Balaban J connectivity index is 1.84. The smallest absolute Gasteiger partial charge is 0.300 e. The van der Waals surface area contributed by atoms with Crippen molar-refractivity contribution in [3.8, 4) is 11.5 Å². The first-order chi connectivity index (χ1) is 18.2. The van der Waals surface area contributed by atoms with Crippen LogP contribution in [0.2, 0.25) is 0 Å². The molecular weight excluding hydrogens is 480 g/mol. The molecule has 1 aliphatic rings. The van der Waals surface area contributed by atoms with Crippen molar-refractivity contribution in [3.63, 3.8) is 0 Å². The van der Waals surface area contributed by atoms with E-state index in [2.05, 4.69) is 0 Å². The lowest BCUT2D eigenvalue weighted by Gasteiger charge is -2.26. The predicted molar refractivity (Wildman–Crippen MR) is 150 cm³/mol. The fourth-order valence-electron chi connectivity index (χ4n) is 4.39. The fraction of sp³-hybridized carbons (Fsp3) is 0.290. The van der Waals surface area contributed by atoms with Gasteiger partial charge in [-0.1, -0.05) is 38.1 Å². The molecule has 0 aliphatic carbocycles. The zero-order chi connectivity index (χ0) is 27.4. The molecule has 0 spiro atoms. The minimum absolute atomic E-state index is 0.0301. The highest BCUT2D eigenvalue weighted by atomic mass is 16.5. The number of nitrogens with zero attached hydrogens (tertiary/aromatic N) is 2. The molecule has 3 aromatic rings. The molecule has 1 fully saturated rings. The quantitative estimate of drug-likeness (QED) is 0.220. The van der Waals surface area contributed by atoms with Crippen LogP contribution in [0.1, 0.15) is 37.9 Å². The van der Waals surface area contributed by atoms with Crippen molar-refractivity contribution in [2.24, 2.45) is 5.92 Å². The number of rotatable bonds is 9. The Morgan fingerprint density at radius 2 is 1.63 bits per heavy atom. The van der Waals surface area contributed by atoms with Gasteiger partial charge in [0.05, 0.1) is 24.8 Å². The number of carbonyl (C=O) groups excluding carboxylic acids is 2. The third kappa shape index (κ3) is 5.52.